The maximum absolute atomic E-state index is 11.5. The monoisotopic (exact) mass is 273 g/mol. The molecular formula is C14H19N5O. The molecule has 0 aliphatic carbocycles. The fourth-order valence-corrected chi connectivity index (χ4v) is 3.85. The van der Waals surface area contributed by atoms with E-state index in [1.807, 2.05) is 0 Å². The molecular weight excluding hydrogens is 254 g/mol. The van der Waals surface area contributed by atoms with Crippen LogP contribution in [0.15, 0.2) is 24.8 Å². The zero-order chi connectivity index (χ0) is 13.6. The van der Waals surface area contributed by atoms with Crippen molar-refractivity contribution < 1.29 is 5.11 Å². The zero-order valence-corrected chi connectivity index (χ0v) is 11.3. The standard InChI is InChI=1S/C14H19N5O/c20-14(12-15-3-4-16-12,13-17-5-6-18-13)11-9-19-7-1-10(11)2-8-19/h3-6,10-11,20H,1-2,7-9H2,(H,15,16)(H,17,18). The van der Waals surface area contributed by atoms with E-state index in [9.17, 15) is 5.11 Å². The van der Waals surface area contributed by atoms with Gasteiger partial charge in [-0.05, 0) is 31.8 Å². The van der Waals surface area contributed by atoms with Crippen molar-refractivity contribution >= 4 is 0 Å². The maximum Gasteiger partial charge on any atom is 0.184 e. The average molecular weight is 273 g/mol. The molecule has 2 aromatic heterocycles. The Morgan fingerprint density at radius 1 is 1.10 bits per heavy atom. The third-order valence-electron chi connectivity index (χ3n) is 4.91. The Labute approximate surface area is 117 Å². The van der Waals surface area contributed by atoms with Crippen molar-refractivity contribution in [2.24, 2.45) is 11.8 Å². The van der Waals surface area contributed by atoms with Crippen molar-refractivity contribution in [1.29, 1.82) is 0 Å². The average Bonchev–Trinajstić information content (AvgIpc) is 3.21. The van der Waals surface area contributed by atoms with Gasteiger partial charge in [0.05, 0.1) is 0 Å². The van der Waals surface area contributed by atoms with E-state index in [1.54, 1.807) is 24.8 Å². The minimum absolute atomic E-state index is 0.127. The van der Waals surface area contributed by atoms with Gasteiger partial charge in [0.1, 0.15) is 11.6 Å². The molecule has 3 N–H and O–H groups in total. The third kappa shape index (κ3) is 1.65. The number of fused-ring (bicyclic) bond motifs is 3. The Kier molecular flexibility index (Phi) is 2.68. The smallest absolute Gasteiger partial charge is 0.184 e. The van der Waals surface area contributed by atoms with Crippen LogP contribution >= 0.6 is 0 Å². The first-order chi connectivity index (χ1) is 9.78. The van der Waals surface area contributed by atoms with Gasteiger partial charge in [0.15, 0.2) is 5.60 Å². The van der Waals surface area contributed by atoms with E-state index >= 15 is 0 Å². The van der Waals surface area contributed by atoms with Crippen molar-refractivity contribution in [1.82, 2.24) is 24.8 Å². The van der Waals surface area contributed by atoms with Crippen LogP contribution in [0, 0.1) is 11.8 Å². The Balaban J connectivity index is 1.80. The summed E-state index contributed by atoms with van der Waals surface area (Å²) < 4.78 is 0. The predicted molar refractivity (Wildman–Crippen MR) is 72.8 cm³/mol. The van der Waals surface area contributed by atoms with E-state index in [4.69, 9.17) is 0 Å². The van der Waals surface area contributed by atoms with Gasteiger partial charge >= 0.3 is 0 Å². The largest absolute Gasteiger partial charge is 0.374 e. The summed E-state index contributed by atoms with van der Waals surface area (Å²) in [4.78, 5) is 17.2. The number of imidazole rings is 2. The molecule has 0 spiro atoms. The molecule has 1 unspecified atom stereocenters. The number of H-pyrrole nitrogens is 2. The molecule has 0 aromatic carbocycles. The first-order valence-corrected chi connectivity index (χ1v) is 7.23. The summed E-state index contributed by atoms with van der Waals surface area (Å²) in [5.41, 5.74) is -1.16. The molecule has 0 radical (unpaired) electrons. The number of nitrogens with zero attached hydrogens (tertiary/aromatic N) is 3. The minimum atomic E-state index is -1.16. The molecule has 5 rings (SSSR count). The lowest BCUT2D eigenvalue weighted by molar-refractivity contribution is -0.0849. The predicted octanol–water partition coefficient (Wildman–Crippen LogP) is 0.710. The number of piperidine rings is 3. The fourth-order valence-electron chi connectivity index (χ4n) is 3.85. The van der Waals surface area contributed by atoms with Gasteiger partial charge in [-0.15, -0.1) is 0 Å². The molecule has 3 aliphatic rings. The second-order valence-electron chi connectivity index (χ2n) is 5.89. The lowest BCUT2D eigenvalue weighted by atomic mass is 9.69. The molecule has 20 heavy (non-hydrogen) atoms. The number of hydrogen-bond acceptors (Lipinski definition) is 4. The number of hydrogen-bond donors (Lipinski definition) is 3. The van der Waals surface area contributed by atoms with Crippen LogP contribution in [0.4, 0.5) is 0 Å². The van der Waals surface area contributed by atoms with Crippen molar-refractivity contribution in [2.75, 3.05) is 19.6 Å². The van der Waals surface area contributed by atoms with Crippen molar-refractivity contribution in [3.05, 3.63) is 36.4 Å². The van der Waals surface area contributed by atoms with E-state index < -0.39 is 5.60 Å². The summed E-state index contributed by atoms with van der Waals surface area (Å²) in [7, 11) is 0. The molecule has 3 fully saturated rings. The number of rotatable bonds is 3. The van der Waals surface area contributed by atoms with Gasteiger partial charge < -0.3 is 20.0 Å². The Hall–Kier alpha value is -1.66. The number of aromatic amines is 2. The van der Waals surface area contributed by atoms with E-state index in [0.29, 0.717) is 17.6 Å². The molecule has 3 aliphatic heterocycles. The highest BCUT2D eigenvalue weighted by molar-refractivity contribution is 5.21. The number of nitrogens with one attached hydrogen (secondary N) is 2. The quantitative estimate of drug-likeness (QED) is 0.769. The second kappa shape index (κ2) is 4.43. The Morgan fingerprint density at radius 3 is 2.10 bits per heavy atom. The molecule has 6 nitrogen and oxygen atoms in total. The molecule has 106 valence electrons. The number of aliphatic hydroxyl groups is 1. The summed E-state index contributed by atoms with van der Waals surface area (Å²) >= 11 is 0. The van der Waals surface area contributed by atoms with Crippen molar-refractivity contribution in [3.8, 4) is 0 Å². The zero-order valence-electron chi connectivity index (χ0n) is 11.3. The normalized spacial score (nSPS) is 29.8. The molecule has 1 atom stereocenters. The van der Waals surface area contributed by atoms with Gasteiger partial charge in [-0.25, -0.2) is 9.97 Å². The van der Waals surface area contributed by atoms with Gasteiger partial charge in [-0.1, -0.05) is 0 Å². The minimum Gasteiger partial charge on any atom is -0.374 e. The second-order valence-corrected chi connectivity index (χ2v) is 5.89. The molecule has 3 saturated heterocycles. The van der Waals surface area contributed by atoms with Crippen LogP contribution in [-0.2, 0) is 5.60 Å². The first kappa shape index (κ1) is 12.1. The molecule has 0 saturated carbocycles. The summed E-state index contributed by atoms with van der Waals surface area (Å²) in [6.45, 7) is 3.20. The highest BCUT2D eigenvalue weighted by Crippen LogP contribution is 2.44. The highest BCUT2D eigenvalue weighted by atomic mass is 16.3. The Morgan fingerprint density at radius 2 is 1.70 bits per heavy atom. The van der Waals surface area contributed by atoms with Gasteiger partial charge in [0.2, 0.25) is 0 Å². The van der Waals surface area contributed by atoms with Crippen LogP contribution in [0.2, 0.25) is 0 Å². The van der Waals surface area contributed by atoms with E-state index in [-0.39, 0.29) is 5.92 Å². The van der Waals surface area contributed by atoms with Crippen LogP contribution < -0.4 is 0 Å². The summed E-state index contributed by atoms with van der Waals surface area (Å²) in [5, 5.41) is 11.5. The van der Waals surface area contributed by atoms with Crippen LogP contribution in [0.25, 0.3) is 0 Å². The Bertz CT molecular complexity index is 522. The van der Waals surface area contributed by atoms with E-state index in [0.717, 1.165) is 32.5 Å². The van der Waals surface area contributed by atoms with Crippen LogP contribution in [0.3, 0.4) is 0 Å². The summed E-state index contributed by atoms with van der Waals surface area (Å²) in [6, 6.07) is 0. The van der Waals surface area contributed by atoms with Gasteiger partial charge in [-0.3, -0.25) is 0 Å². The highest BCUT2D eigenvalue weighted by Gasteiger charge is 2.51. The van der Waals surface area contributed by atoms with Crippen molar-refractivity contribution in [2.45, 2.75) is 18.4 Å². The fraction of sp³-hybridized carbons (Fsp3) is 0.571. The van der Waals surface area contributed by atoms with E-state index in [1.165, 1.54) is 0 Å². The maximum atomic E-state index is 11.5. The topological polar surface area (TPSA) is 80.8 Å². The first-order valence-electron chi connectivity index (χ1n) is 7.23. The van der Waals surface area contributed by atoms with Crippen LogP contribution in [0.5, 0.6) is 0 Å². The third-order valence-corrected chi connectivity index (χ3v) is 4.91. The SMILES string of the molecule is OC(c1ncc[nH]1)(c1ncc[nH]1)C1CN2CCC1CC2. The summed E-state index contributed by atoms with van der Waals surface area (Å²) in [6.07, 6.45) is 9.17. The lowest BCUT2D eigenvalue weighted by Gasteiger charge is -2.49. The van der Waals surface area contributed by atoms with E-state index in [2.05, 4.69) is 24.8 Å². The van der Waals surface area contributed by atoms with Gasteiger partial charge in [-0.2, -0.15) is 0 Å². The van der Waals surface area contributed by atoms with Crippen LogP contribution in [-0.4, -0.2) is 49.6 Å². The summed E-state index contributed by atoms with van der Waals surface area (Å²) in [5.74, 6) is 1.83. The van der Waals surface area contributed by atoms with Crippen molar-refractivity contribution in [3.63, 3.8) is 0 Å². The molecule has 0 amide bonds. The van der Waals surface area contributed by atoms with Gasteiger partial charge in [0, 0.05) is 37.3 Å². The van der Waals surface area contributed by atoms with Gasteiger partial charge in [0.25, 0.3) is 0 Å². The molecule has 2 aromatic rings. The lowest BCUT2D eigenvalue weighted by Crippen LogP contribution is -2.56. The molecule has 2 bridgehead atoms. The molecule has 5 heterocycles. The van der Waals surface area contributed by atoms with Crippen LogP contribution in [0.1, 0.15) is 24.5 Å². The molecule has 6 heteroatoms. The number of aromatic nitrogens is 4.